The van der Waals surface area contributed by atoms with Crippen LogP contribution in [0.25, 0.3) is 0 Å². The summed E-state index contributed by atoms with van der Waals surface area (Å²) in [5.41, 5.74) is 0.983. The second kappa shape index (κ2) is 7.08. The van der Waals surface area contributed by atoms with Crippen molar-refractivity contribution in [3.63, 3.8) is 0 Å². The highest BCUT2D eigenvalue weighted by Gasteiger charge is 2.13. The fourth-order valence-corrected chi connectivity index (χ4v) is 2.20. The maximum Gasteiger partial charge on any atom is 0.220 e. The SMILES string of the molecule is CC(C)Oc1ccc(CNC(=O)C[C@@H]2C=CCC2)cn1. The summed E-state index contributed by atoms with van der Waals surface area (Å²) in [6.07, 6.45) is 8.92. The summed E-state index contributed by atoms with van der Waals surface area (Å²) < 4.78 is 5.48. The zero-order valence-corrected chi connectivity index (χ0v) is 12.1. The molecule has 0 aliphatic heterocycles. The molecule has 0 unspecified atom stereocenters. The van der Waals surface area contributed by atoms with Crippen LogP contribution in [0.4, 0.5) is 0 Å². The number of allylic oxidation sites excluding steroid dienone is 2. The number of carbonyl (C=O) groups is 1. The predicted molar refractivity (Wildman–Crippen MR) is 78.3 cm³/mol. The molecule has 1 heterocycles. The van der Waals surface area contributed by atoms with Crippen LogP contribution in [0.15, 0.2) is 30.5 Å². The minimum absolute atomic E-state index is 0.101. The molecule has 0 radical (unpaired) electrons. The predicted octanol–water partition coefficient (Wildman–Crippen LogP) is 2.84. The van der Waals surface area contributed by atoms with Crippen molar-refractivity contribution in [2.75, 3.05) is 0 Å². The van der Waals surface area contributed by atoms with Gasteiger partial charge in [0.1, 0.15) is 0 Å². The Bertz CT molecular complexity index is 466. The Hall–Kier alpha value is -1.84. The Morgan fingerprint density at radius 1 is 1.50 bits per heavy atom. The third kappa shape index (κ3) is 4.68. The lowest BCUT2D eigenvalue weighted by atomic mass is 10.1. The van der Waals surface area contributed by atoms with E-state index in [9.17, 15) is 4.79 Å². The molecule has 20 heavy (non-hydrogen) atoms. The molecule has 108 valence electrons. The maximum absolute atomic E-state index is 11.8. The van der Waals surface area contributed by atoms with E-state index in [0.717, 1.165) is 18.4 Å². The number of amides is 1. The van der Waals surface area contributed by atoms with E-state index in [1.54, 1.807) is 6.20 Å². The minimum Gasteiger partial charge on any atom is -0.475 e. The highest BCUT2D eigenvalue weighted by Crippen LogP contribution is 2.20. The van der Waals surface area contributed by atoms with E-state index >= 15 is 0 Å². The second-order valence-corrected chi connectivity index (χ2v) is 5.42. The van der Waals surface area contributed by atoms with E-state index in [1.165, 1.54) is 0 Å². The van der Waals surface area contributed by atoms with Gasteiger partial charge in [-0.2, -0.15) is 0 Å². The number of hydrogen-bond donors (Lipinski definition) is 1. The van der Waals surface area contributed by atoms with Gasteiger partial charge >= 0.3 is 0 Å². The molecule has 1 amide bonds. The van der Waals surface area contributed by atoms with Crippen LogP contribution in [-0.4, -0.2) is 17.0 Å². The monoisotopic (exact) mass is 274 g/mol. The fourth-order valence-electron chi connectivity index (χ4n) is 2.20. The zero-order valence-electron chi connectivity index (χ0n) is 12.1. The van der Waals surface area contributed by atoms with Gasteiger partial charge in [0, 0.05) is 25.2 Å². The number of ether oxygens (including phenoxy) is 1. The van der Waals surface area contributed by atoms with Crippen LogP contribution in [-0.2, 0) is 11.3 Å². The normalized spacial score (nSPS) is 17.4. The highest BCUT2D eigenvalue weighted by atomic mass is 16.5. The van der Waals surface area contributed by atoms with Crippen molar-refractivity contribution in [2.45, 2.75) is 45.8 Å². The lowest BCUT2D eigenvalue weighted by Crippen LogP contribution is -2.24. The minimum atomic E-state index is 0.101. The molecular weight excluding hydrogens is 252 g/mol. The second-order valence-electron chi connectivity index (χ2n) is 5.42. The van der Waals surface area contributed by atoms with E-state index in [1.807, 2.05) is 26.0 Å². The lowest BCUT2D eigenvalue weighted by Gasteiger charge is -2.10. The fraction of sp³-hybridized carbons (Fsp3) is 0.500. The van der Waals surface area contributed by atoms with Gasteiger partial charge in [-0.1, -0.05) is 18.2 Å². The molecular formula is C16H22N2O2. The molecule has 1 atom stereocenters. The van der Waals surface area contributed by atoms with Gasteiger partial charge in [0.2, 0.25) is 11.8 Å². The van der Waals surface area contributed by atoms with Gasteiger partial charge in [-0.15, -0.1) is 0 Å². The van der Waals surface area contributed by atoms with Gasteiger partial charge in [-0.05, 0) is 38.2 Å². The van der Waals surface area contributed by atoms with E-state index in [4.69, 9.17) is 4.74 Å². The van der Waals surface area contributed by atoms with E-state index < -0.39 is 0 Å². The number of nitrogens with one attached hydrogen (secondary N) is 1. The standard InChI is InChI=1S/C16H22N2O2/c1-12(2)20-16-8-7-14(11-18-16)10-17-15(19)9-13-5-3-4-6-13/h3,5,7-8,11-13H,4,6,9-10H2,1-2H3,(H,17,19)/t13-/m1/s1. The lowest BCUT2D eigenvalue weighted by molar-refractivity contribution is -0.121. The summed E-state index contributed by atoms with van der Waals surface area (Å²) in [4.78, 5) is 16.0. The topological polar surface area (TPSA) is 51.2 Å². The Kier molecular flexibility index (Phi) is 5.16. The van der Waals surface area contributed by atoms with Crippen molar-refractivity contribution < 1.29 is 9.53 Å². The third-order valence-electron chi connectivity index (χ3n) is 3.20. The van der Waals surface area contributed by atoms with Gasteiger partial charge in [-0.25, -0.2) is 4.98 Å². The Morgan fingerprint density at radius 3 is 2.95 bits per heavy atom. The van der Waals surface area contributed by atoms with Crippen LogP contribution >= 0.6 is 0 Å². The third-order valence-corrected chi connectivity index (χ3v) is 3.20. The summed E-state index contributed by atoms with van der Waals surface area (Å²) in [6.45, 7) is 4.45. The summed E-state index contributed by atoms with van der Waals surface area (Å²) in [5.74, 6) is 1.13. The zero-order chi connectivity index (χ0) is 14.4. The molecule has 0 bridgehead atoms. The van der Waals surface area contributed by atoms with Crippen LogP contribution < -0.4 is 10.1 Å². The number of rotatable bonds is 6. The first-order chi connectivity index (χ1) is 9.63. The summed E-state index contributed by atoms with van der Waals surface area (Å²) in [5, 5.41) is 2.93. The van der Waals surface area contributed by atoms with Gasteiger partial charge in [0.25, 0.3) is 0 Å². The summed E-state index contributed by atoms with van der Waals surface area (Å²) in [6, 6.07) is 3.77. The summed E-state index contributed by atoms with van der Waals surface area (Å²) >= 11 is 0. The summed E-state index contributed by atoms with van der Waals surface area (Å²) in [7, 11) is 0. The molecule has 1 aromatic heterocycles. The van der Waals surface area contributed by atoms with Gasteiger partial charge in [0.05, 0.1) is 6.10 Å². The Labute approximate surface area is 120 Å². The molecule has 4 nitrogen and oxygen atoms in total. The van der Waals surface area contributed by atoms with Crippen LogP contribution in [0.3, 0.4) is 0 Å². The van der Waals surface area contributed by atoms with Crippen molar-refractivity contribution in [1.29, 1.82) is 0 Å². The highest BCUT2D eigenvalue weighted by molar-refractivity contribution is 5.76. The average molecular weight is 274 g/mol. The van der Waals surface area contributed by atoms with Gasteiger partial charge in [0.15, 0.2) is 0 Å². The van der Waals surface area contributed by atoms with Crippen LogP contribution in [0.2, 0.25) is 0 Å². The number of hydrogen-bond acceptors (Lipinski definition) is 3. The number of nitrogens with zero attached hydrogens (tertiary/aromatic N) is 1. The molecule has 1 aliphatic rings. The molecule has 2 rings (SSSR count). The number of aromatic nitrogens is 1. The molecule has 1 N–H and O–H groups in total. The molecule has 0 saturated carbocycles. The molecule has 0 saturated heterocycles. The first-order valence-electron chi connectivity index (χ1n) is 7.18. The molecule has 4 heteroatoms. The number of carbonyl (C=O) groups excluding carboxylic acids is 1. The molecule has 1 aliphatic carbocycles. The first kappa shape index (κ1) is 14.6. The molecule has 0 fully saturated rings. The molecule has 0 spiro atoms. The maximum atomic E-state index is 11.8. The van der Waals surface area contributed by atoms with Crippen molar-refractivity contribution >= 4 is 5.91 Å². The van der Waals surface area contributed by atoms with E-state index in [0.29, 0.717) is 24.8 Å². The van der Waals surface area contributed by atoms with E-state index in [-0.39, 0.29) is 12.0 Å². The van der Waals surface area contributed by atoms with Crippen LogP contribution in [0.5, 0.6) is 5.88 Å². The number of pyridine rings is 1. The van der Waals surface area contributed by atoms with Crippen molar-refractivity contribution in [1.82, 2.24) is 10.3 Å². The van der Waals surface area contributed by atoms with Crippen molar-refractivity contribution in [3.8, 4) is 5.88 Å². The van der Waals surface area contributed by atoms with Crippen LogP contribution in [0.1, 0.15) is 38.7 Å². The molecule has 1 aromatic rings. The van der Waals surface area contributed by atoms with Gasteiger partial charge in [-0.3, -0.25) is 4.79 Å². The largest absolute Gasteiger partial charge is 0.475 e. The first-order valence-corrected chi connectivity index (χ1v) is 7.18. The Morgan fingerprint density at radius 2 is 2.35 bits per heavy atom. The quantitative estimate of drug-likeness (QED) is 0.812. The Balaban J connectivity index is 1.75. The average Bonchev–Trinajstić information content (AvgIpc) is 2.90. The van der Waals surface area contributed by atoms with Crippen molar-refractivity contribution in [2.24, 2.45) is 5.92 Å². The smallest absolute Gasteiger partial charge is 0.220 e. The van der Waals surface area contributed by atoms with Gasteiger partial charge < -0.3 is 10.1 Å². The molecule has 0 aromatic carbocycles. The van der Waals surface area contributed by atoms with Crippen LogP contribution in [0, 0.1) is 5.92 Å². The van der Waals surface area contributed by atoms with Crippen molar-refractivity contribution in [3.05, 3.63) is 36.0 Å². The van der Waals surface area contributed by atoms with E-state index in [2.05, 4.69) is 22.5 Å².